The van der Waals surface area contributed by atoms with Gasteiger partial charge in [0.05, 0.1) is 24.9 Å². The maximum atomic E-state index is 6.36. The van der Waals surface area contributed by atoms with E-state index in [1.807, 2.05) is 60.8 Å². The number of rotatable bonds is 5. The normalized spacial score (nSPS) is 17.5. The zero-order valence-corrected chi connectivity index (χ0v) is 21.7. The van der Waals surface area contributed by atoms with E-state index in [9.17, 15) is 0 Å². The van der Waals surface area contributed by atoms with E-state index < -0.39 is 0 Å². The first-order valence-electron chi connectivity index (χ1n) is 11.5. The lowest BCUT2D eigenvalue weighted by molar-refractivity contribution is 0.415. The number of aromatic nitrogens is 2. The van der Waals surface area contributed by atoms with E-state index in [0.29, 0.717) is 10.1 Å². The van der Waals surface area contributed by atoms with Crippen LogP contribution in [0.5, 0.6) is 5.75 Å². The summed E-state index contributed by atoms with van der Waals surface area (Å²) in [5, 5.41) is 4.94. The van der Waals surface area contributed by atoms with E-state index in [1.54, 1.807) is 7.11 Å². The van der Waals surface area contributed by atoms with Gasteiger partial charge in [0.2, 0.25) is 0 Å². The van der Waals surface area contributed by atoms with Gasteiger partial charge in [-0.05, 0) is 93.1 Å². The second-order valence-electron chi connectivity index (χ2n) is 8.72. The number of anilines is 1. The minimum atomic E-state index is -0.113. The van der Waals surface area contributed by atoms with Gasteiger partial charge in [-0.3, -0.25) is 4.98 Å². The maximum Gasteiger partial charge on any atom is 0.174 e. The molecule has 2 aromatic heterocycles. The Labute approximate surface area is 216 Å². The molecule has 5 nitrogen and oxygen atoms in total. The molecule has 0 radical (unpaired) electrons. The van der Waals surface area contributed by atoms with Crippen molar-refractivity contribution in [2.75, 3.05) is 12.0 Å². The number of ether oxygens (including phenoxy) is 1. The van der Waals surface area contributed by atoms with Gasteiger partial charge in [0.1, 0.15) is 5.75 Å². The number of hydrogen-bond donors (Lipinski definition) is 1. The van der Waals surface area contributed by atoms with Crippen molar-refractivity contribution in [3.8, 4) is 11.4 Å². The molecule has 1 aliphatic heterocycles. The number of pyridine rings is 1. The van der Waals surface area contributed by atoms with E-state index in [-0.39, 0.29) is 12.1 Å². The van der Waals surface area contributed by atoms with Crippen molar-refractivity contribution in [3.05, 3.63) is 106 Å². The van der Waals surface area contributed by atoms with Crippen LogP contribution in [0.1, 0.15) is 40.3 Å². The van der Waals surface area contributed by atoms with Crippen LogP contribution in [0.15, 0.2) is 72.9 Å². The molecule has 178 valence electrons. The van der Waals surface area contributed by atoms with Crippen LogP contribution in [-0.2, 0) is 0 Å². The number of nitrogens with zero attached hydrogens (tertiary/aromatic N) is 3. The Hall–Kier alpha value is -3.35. The van der Waals surface area contributed by atoms with Crippen molar-refractivity contribution in [2.24, 2.45) is 0 Å². The van der Waals surface area contributed by atoms with Crippen molar-refractivity contribution in [1.29, 1.82) is 0 Å². The molecule has 5 rings (SSSR count). The molecular weight excluding hydrogens is 476 g/mol. The van der Waals surface area contributed by atoms with Crippen LogP contribution in [-0.4, -0.2) is 21.8 Å². The van der Waals surface area contributed by atoms with Crippen LogP contribution in [0.3, 0.4) is 0 Å². The first-order valence-corrected chi connectivity index (χ1v) is 12.3. The molecule has 4 aromatic rings. The summed E-state index contributed by atoms with van der Waals surface area (Å²) in [7, 11) is 1.67. The molecule has 0 unspecified atom stereocenters. The number of halogens is 1. The van der Waals surface area contributed by atoms with Gasteiger partial charge >= 0.3 is 0 Å². The van der Waals surface area contributed by atoms with Crippen LogP contribution >= 0.6 is 23.8 Å². The van der Waals surface area contributed by atoms with Crippen molar-refractivity contribution in [2.45, 2.75) is 32.9 Å². The van der Waals surface area contributed by atoms with Gasteiger partial charge in [-0.25, -0.2) is 0 Å². The Morgan fingerprint density at radius 3 is 2.37 bits per heavy atom. The quantitative estimate of drug-likeness (QED) is 0.310. The smallest absolute Gasteiger partial charge is 0.174 e. The Balaban J connectivity index is 1.71. The van der Waals surface area contributed by atoms with Crippen molar-refractivity contribution in [3.63, 3.8) is 0 Å². The van der Waals surface area contributed by atoms with Crippen LogP contribution in [0, 0.1) is 20.8 Å². The summed E-state index contributed by atoms with van der Waals surface area (Å²) in [6.07, 6.45) is 1.83. The molecule has 1 saturated heterocycles. The molecule has 0 aliphatic carbocycles. The van der Waals surface area contributed by atoms with Crippen LogP contribution in [0.25, 0.3) is 5.69 Å². The summed E-state index contributed by atoms with van der Waals surface area (Å²) in [5.74, 6) is 0.806. The monoisotopic (exact) mass is 502 g/mol. The van der Waals surface area contributed by atoms with Crippen molar-refractivity contribution < 1.29 is 4.74 Å². The zero-order valence-electron chi connectivity index (χ0n) is 20.1. The minimum absolute atomic E-state index is 0.0927. The standard InChI is InChI=1S/C28H27ClN4OS/c1-17-18(2)32(22-9-7-8-20(29)16-22)19(3)25(17)27-26(24-10-5-6-15-30-24)31-28(35)33(27)21-11-13-23(34-4)14-12-21/h5-16,26-27H,1-4H3,(H,31,35)/t26-,27+/m1/s1. The topological polar surface area (TPSA) is 42.3 Å². The zero-order chi connectivity index (χ0) is 24.7. The first kappa shape index (κ1) is 23.4. The van der Waals surface area contributed by atoms with Gasteiger partial charge < -0.3 is 19.5 Å². The van der Waals surface area contributed by atoms with E-state index in [2.05, 4.69) is 47.7 Å². The van der Waals surface area contributed by atoms with Gasteiger partial charge in [0.15, 0.2) is 5.11 Å². The molecule has 0 bridgehead atoms. The molecular formula is C28H27ClN4OS. The van der Waals surface area contributed by atoms with Gasteiger partial charge in [0.25, 0.3) is 0 Å². The third kappa shape index (κ3) is 4.07. The first-order chi connectivity index (χ1) is 16.9. The van der Waals surface area contributed by atoms with Gasteiger partial charge in [-0.2, -0.15) is 0 Å². The fraction of sp³-hybridized carbons (Fsp3) is 0.214. The average molecular weight is 503 g/mol. The Bertz CT molecular complexity index is 1380. The van der Waals surface area contributed by atoms with Crippen molar-refractivity contribution in [1.82, 2.24) is 14.9 Å². The Morgan fingerprint density at radius 1 is 0.943 bits per heavy atom. The summed E-state index contributed by atoms with van der Waals surface area (Å²) in [6.45, 7) is 6.50. The lowest BCUT2D eigenvalue weighted by atomic mass is 9.93. The molecule has 1 fully saturated rings. The number of thiocarbonyl (C=S) groups is 1. The number of nitrogens with one attached hydrogen (secondary N) is 1. The lowest BCUT2D eigenvalue weighted by Gasteiger charge is -2.29. The van der Waals surface area contributed by atoms with Gasteiger partial charge in [-0.1, -0.05) is 23.7 Å². The Morgan fingerprint density at radius 2 is 1.71 bits per heavy atom. The number of benzene rings is 2. The van der Waals surface area contributed by atoms with E-state index in [1.165, 1.54) is 16.8 Å². The minimum Gasteiger partial charge on any atom is -0.497 e. The molecule has 2 aromatic carbocycles. The molecule has 1 N–H and O–H groups in total. The number of methoxy groups -OCH3 is 1. The van der Waals surface area contributed by atoms with E-state index in [0.717, 1.165) is 28.5 Å². The third-order valence-electron chi connectivity index (χ3n) is 6.82. The highest BCUT2D eigenvalue weighted by molar-refractivity contribution is 7.80. The van der Waals surface area contributed by atoms with E-state index in [4.69, 9.17) is 33.5 Å². The summed E-state index contributed by atoms with van der Waals surface area (Å²) < 4.78 is 7.66. The average Bonchev–Trinajstić information content (AvgIpc) is 3.31. The SMILES string of the molecule is COc1ccc(N2C(=S)N[C@H](c3ccccn3)[C@@H]2c2c(C)c(C)n(-c3cccc(Cl)c3)c2C)cc1. The van der Waals surface area contributed by atoms with Crippen LogP contribution in [0.2, 0.25) is 5.02 Å². The molecule has 0 spiro atoms. The fourth-order valence-corrected chi connectivity index (χ4v) is 5.64. The highest BCUT2D eigenvalue weighted by Gasteiger charge is 2.43. The molecule has 35 heavy (non-hydrogen) atoms. The van der Waals surface area contributed by atoms with Gasteiger partial charge in [-0.15, -0.1) is 0 Å². The number of hydrogen-bond acceptors (Lipinski definition) is 3. The summed E-state index contributed by atoms with van der Waals surface area (Å²) >= 11 is 12.3. The summed E-state index contributed by atoms with van der Waals surface area (Å²) in [5.41, 5.74) is 7.76. The molecule has 1 aliphatic rings. The fourth-order valence-electron chi connectivity index (χ4n) is 5.11. The molecule has 3 heterocycles. The molecule has 7 heteroatoms. The summed E-state index contributed by atoms with van der Waals surface area (Å²) in [4.78, 5) is 6.89. The highest BCUT2D eigenvalue weighted by Crippen LogP contribution is 2.45. The second kappa shape index (κ2) is 9.36. The maximum absolute atomic E-state index is 6.36. The predicted octanol–water partition coefficient (Wildman–Crippen LogP) is 6.64. The second-order valence-corrected chi connectivity index (χ2v) is 9.54. The largest absolute Gasteiger partial charge is 0.497 e. The van der Waals surface area contributed by atoms with Crippen LogP contribution < -0.4 is 15.0 Å². The van der Waals surface area contributed by atoms with Crippen LogP contribution in [0.4, 0.5) is 5.69 Å². The Kier molecular flexibility index (Phi) is 6.26. The van der Waals surface area contributed by atoms with Crippen molar-refractivity contribution >= 4 is 34.6 Å². The predicted molar refractivity (Wildman–Crippen MR) is 146 cm³/mol. The molecule has 2 atom stereocenters. The lowest BCUT2D eigenvalue weighted by Crippen LogP contribution is -2.29. The highest BCUT2D eigenvalue weighted by atomic mass is 35.5. The molecule has 0 amide bonds. The summed E-state index contributed by atoms with van der Waals surface area (Å²) in [6, 6.07) is 21.8. The van der Waals surface area contributed by atoms with E-state index >= 15 is 0 Å². The van der Waals surface area contributed by atoms with Gasteiger partial charge in [0, 0.05) is 39.5 Å². The molecule has 0 saturated carbocycles. The third-order valence-corrected chi connectivity index (χ3v) is 7.37.